The quantitative estimate of drug-likeness (QED) is 0.593. The highest BCUT2D eigenvalue weighted by molar-refractivity contribution is 5.99. The number of nitrogens with zero attached hydrogens (tertiary/aromatic N) is 2. The van der Waals surface area contributed by atoms with Gasteiger partial charge in [-0.15, -0.1) is 0 Å². The van der Waals surface area contributed by atoms with E-state index < -0.39 is 11.8 Å². The van der Waals surface area contributed by atoms with Gasteiger partial charge in [0.25, 0.3) is 0 Å². The van der Waals surface area contributed by atoms with Crippen LogP contribution in [0.25, 0.3) is 11.3 Å². The van der Waals surface area contributed by atoms with Crippen LogP contribution in [0.15, 0.2) is 54.6 Å². The van der Waals surface area contributed by atoms with Crippen LogP contribution < -0.4 is 4.74 Å². The lowest BCUT2D eigenvalue weighted by Crippen LogP contribution is -2.33. The normalized spacial score (nSPS) is 15.4. The predicted octanol–water partition coefficient (Wildman–Crippen LogP) is 3.84. The van der Waals surface area contributed by atoms with Crippen molar-refractivity contribution in [1.82, 2.24) is 9.78 Å². The van der Waals surface area contributed by atoms with Crippen LogP contribution in [0.5, 0.6) is 5.88 Å². The van der Waals surface area contributed by atoms with E-state index in [1.165, 1.54) is 6.07 Å². The molecule has 0 amide bonds. The molecule has 0 aliphatic carbocycles. The van der Waals surface area contributed by atoms with Crippen LogP contribution >= 0.6 is 0 Å². The number of carbonyl (C=O) groups is 1. The zero-order valence-electron chi connectivity index (χ0n) is 16.0. The number of carbonyl (C=O) groups excluding carboxylic acids is 1. The van der Waals surface area contributed by atoms with Crippen LogP contribution in [0.2, 0.25) is 0 Å². The fraction of sp³-hybridized carbons (Fsp3) is 0.273. The molecule has 0 bridgehead atoms. The van der Waals surface area contributed by atoms with Gasteiger partial charge in [0.1, 0.15) is 29.8 Å². The lowest BCUT2D eigenvalue weighted by atomic mass is 10.1. The van der Waals surface area contributed by atoms with Crippen molar-refractivity contribution in [1.29, 1.82) is 0 Å². The Balaban J connectivity index is 1.62. The van der Waals surface area contributed by atoms with E-state index in [1.807, 2.05) is 30.3 Å². The summed E-state index contributed by atoms with van der Waals surface area (Å²) >= 11 is 0. The van der Waals surface area contributed by atoms with E-state index in [1.54, 1.807) is 29.8 Å². The molecule has 0 fully saturated rings. The summed E-state index contributed by atoms with van der Waals surface area (Å²) in [7, 11) is 0. The second kappa shape index (κ2) is 8.45. The van der Waals surface area contributed by atoms with E-state index in [2.05, 4.69) is 5.10 Å². The average molecular weight is 396 g/mol. The number of halogens is 1. The molecule has 0 spiro atoms. The van der Waals surface area contributed by atoms with Crippen molar-refractivity contribution < 1.29 is 23.4 Å². The van der Waals surface area contributed by atoms with Crippen molar-refractivity contribution in [2.24, 2.45) is 0 Å². The highest BCUT2D eigenvalue weighted by Crippen LogP contribution is 2.34. The van der Waals surface area contributed by atoms with Gasteiger partial charge in [-0.05, 0) is 24.6 Å². The molecule has 2 aromatic carbocycles. The second-order valence-electron chi connectivity index (χ2n) is 6.64. The molecule has 4 rings (SSSR count). The maximum Gasteiger partial charge on any atom is 0.345 e. The molecule has 0 saturated carbocycles. The Kier molecular flexibility index (Phi) is 5.57. The molecule has 6 nitrogen and oxygen atoms in total. The lowest BCUT2D eigenvalue weighted by molar-refractivity contribution is -0.0222. The van der Waals surface area contributed by atoms with Crippen LogP contribution in [-0.2, 0) is 22.6 Å². The Morgan fingerprint density at radius 2 is 1.97 bits per heavy atom. The number of fused-ring (bicyclic) bond motifs is 1. The van der Waals surface area contributed by atoms with Gasteiger partial charge in [-0.2, -0.15) is 5.10 Å². The lowest BCUT2D eigenvalue weighted by Gasteiger charge is -2.24. The van der Waals surface area contributed by atoms with Crippen molar-refractivity contribution in [2.45, 2.75) is 26.2 Å². The number of hydrogen-bond donors (Lipinski definition) is 0. The van der Waals surface area contributed by atoms with Crippen LogP contribution in [0.3, 0.4) is 0 Å². The van der Waals surface area contributed by atoms with Gasteiger partial charge in [0, 0.05) is 5.56 Å². The Bertz CT molecular complexity index is 1000. The summed E-state index contributed by atoms with van der Waals surface area (Å²) < 4.78 is 32.9. The first-order valence-corrected chi connectivity index (χ1v) is 9.48. The number of benzene rings is 2. The first-order valence-electron chi connectivity index (χ1n) is 9.48. The van der Waals surface area contributed by atoms with Gasteiger partial charge in [0.05, 0.1) is 19.8 Å². The smallest absolute Gasteiger partial charge is 0.345 e. The van der Waals surface area contributed by atoms with Crippen LogP contribution in [-0.4, -0.2) is 35.1 Å². The highest BCUT2D eigenvalue weighted by Gasteiger charge is 2.33. The SMILES string of the molecule is CCOC(=O)c1c(-c2ccccc2F)nn2c1OCC(OCc1ccccc1)C2. The van der Waals surface area contributed by atoms with E-state index in [9.17, 15) is 9.18 Å². The minimum atomic E-state index is -0.587. The number of hydrogen-bond acceptors (Lipinski definition) is 5. The average Bonchev–Trinajstić information content (AvgIpc) is 3.12. The zero-order valence-corrected chi connectivity index (χ0v) is 16.0. The molecule has 29 heavy (non-hydrogen) atoms. The third-order valence-corrected chi connectivity index (χ3v) is 4.63. The minimum absolute atomic E-state index is 0.137. The Morgan fingerprint density at radius 3 is 2.72 bits per heavy atom. The van der Waals surface area contributed by atoms with Gasteiger partial charge in [0.15, 0.2) is 0 Å². The van der Waals surface area contributed by atoms with Crippen LogP contribution in [0.4, 0.5) is 4.39 Å². The highest BCUT2D eigenvalue weighted by atomic mass is 19.1. The molecule has 0 radical (unpaired) electrons. The molecule has 150 valence electrons. The standard InChI is InChI=1S/C22H21FN2O4/c1-2-27-22(26)19-20(17-10-6-7-11-18(17)23)24-25-12-16(14-29-21(19)25)28-13-15-8-4-3-5-9-15/h3-11,16H,2,12-14H2,1H3. The van der Waals surface area contributed by atoms with Gasteiger partial charge in [-0.25, -0.2) is 13.9 Å². The van der Waals surface area contributed by atoms with Crippen LogP contribution in [0.1, 0.15) is 22.8 Å². The molecule has 1 unspecified atom stereocenters. The van der Waals surface area contributed by atoms with Gasteiger partial charge < -0.3 is 14.2 Å². The Labute approximate surface area is 167 Å². The summed E-state index contributed by atoms with van der Waals surface area (Å²) in [6.45, 7) is 3.01. The molecule has 7 heteroatoms. The molecular formula is C22H21FN2O4. The van der Waals surface area contributed by atoms with E-state index in [-0.39, 0.29) is 42.0 Å². The third-order valence-electron chi connectivity index (χ3n) is 4.63. The fourth-order valence-corrected chi connectivity index (χ4v) is 3.25. The summed E-state index contributed by atoms with van der Waals surface area (Å²) in [6.07, 6.45) is -0.244. The zero-order chi connectivity index (χ0) is 20.2. The molecule has 1 aromatic heterocycles. The maximum absolute atomic E-state index is 14.4. The number of rotatable bonds is 6. The molecule has 1 atom stereocenters. The van der Waals surface area contributed by atoms with E-state index in [4.69, 9.17) is 14.2 Å². The third kappa shape index (κ3) is 4.00. The van der Waals surface area contributed by atoms with Gasteiger partial charge in [0.2, 0.25) is 5.88 Å². The monoisotopic (exact) mass is 396 g/mol. The molecule has 1 aliphatic heterocycles. The van der Waals surface area contributed by atoms with Crippen molar-refractivity contribution in [3.8, 4) is 17.1 Å². The van der Waals surface area contributed by atoms with Gasteiger partial charge in [-0.1, -0.05) is 42.5 Å². The molecule has 0 N–H and O–H groups in total. The molecule has 1 aliphatic rings. The minimum Gasteiger partial charge on any atom is -0.474 e. The van der Waals surface area contributed by atoms with Gasteiger partial charge >= 0.3 is 5.97 Å². The van der Waals surface area contributed by atoms with Gasteiger partial charge in [-0.3, -0.25) is 0 Å². The number of aromatic nitrogens is 2. The molecule has 0 saturated heterocycles. The number of ether oxygens (including phenoxy) is 3. The molecule has 2 heterocycles. The summed E-state index contributed by atoms with van der Waals surface area (Å²) in [5.74, 6) is -0.776. The summed E-state index contributed by atoms with van der Waals surface area (Å²) in [6, 6.07) is 16.0. The topological polar surface area (TPSA) is 62.6 Å². The van der Waals surface area contributed by atoms with Crippen molar-refractivity contribution >= 4 is 5.97 Å². The Hall–Kier alpha value is -3.19. The van der Waals surface area contributed by atoms with E-state index in [0.717, 1.165) is 5.56 Å². The first kappa shape index (κ1) is 19.1. The van der Waals surface area contributed by atoms with Crippen molar-refractivity contribution in [3.63, 3.8) is 0 Å². The summed E-state index contributed by atoms with van der Waals surface area (Å²) in [4.78, 5) is 12.6. The predicted molar refractivity (Wildman–Crippen MR) is 104 cm³/mol. The van der Waals surface area contributed by atoms with Crippen molar-refractivity contribution in [2.75, 3.05) is 13.2 Å². The number of esters is 1. The largest absolute Gasteiger partial charge is 0.474 e. The van der Waals surface area contributed by atoms with E-state index >= 15 is 0 Å². The fourth-order valence-electron chi connectivity index (χ4n) is 3.25. The maximum atomic E-state index is 14.4. The summed E-state index contributed by atoms with van der Waals surface area (Å²) in [5, 5.41) is 4.46. The van der Waals surface area contributed by atoms with Crippen molar-refractivity contribution in [3.05, 3.63) is 71.5 Å². The van der Waals surface area contributed by atoms with Crippen LogP contribution in [0, 0.1) is 5.82 Å². The first-order chi connectivity index (χ1) is 14.2. The summed E-state index contributed by atoms with van der Waals surface area (Å²) in [5.41, 5.74) is 1.62. The second-order valence-corrected chi connectivity index (χ2v) is 6.64. The Morgan fingerprint density at radius 1 is 1.21 bits per heavy atom. The molecular weight excluding hydrogens is 375 g/mol. The molecule has 3 aromatic rings. The van der Waals surface area contributed by atoms with E-state index in [0.29, 0.717) is 13.2 Å².